The summed E-state index contributed by atoms with van der Waals surface area (Å²) in [5.41, 5.74) is 0.923. The highest BCUT2D eigenvalue weighted by molar-refractivity contribution is 7.99. The first-order valence-corrected chi connectivity index (χ1v) is 10.0. The third-order valence-electron chi connectivity index (χ3n) is 5.08. The Morgan fingerprint density at radius 1 is 1.30 bits per heavy atom. The average molecular weight is 388 g/mol. The van der Waals surface area contributed by atoms with E-state index in [2.05, 4.69) is 22.4 Å². The summed E-state index contributed by atoms with van der Waals surface area (Å²) in [4.78, 5) is 24.2. The fraction of sp³-hybridized carbons (Fsp3) is 0.474. The number of carbonyl (C=O) groups excluding carboxylic acids is 1. The zero-order valence-electron chi connectivity index (χ0n) is 15.5. The van der Waals surface area contributed by atoms with Crippen molar-refractivity contribution in [3.05, 3.63) is 36.2 Å². The van der Waals surface area contributed by atoms with Crippen molar-refractivity contribution in [2.24, 2.45) is 5.92 Å². The summed E-state index contributed by atoms with van der Waals surface area (Å²) in [6, 6.07) is 7.92. The molecule has 2 N–H and O–H groups in total. The maximum Gasteiger partial charge on any atom is 0.329 e. The van der Waals surface area contributed by atoms with Crippen LogP contribution >= 0.6 is 11.8 Å². The number of thioether (sulfide) groups is 1. The van der Waals surface area contributed by atoms with Crippen LogP contribution in [0.1, 0.15) is 38.2 Å². The standard InChI is InChI=1S/C19H24N4O3S/c1-13-3-5-15(6-4-13)23-12-20-22-18(23)27-11-16(24)21-19(17(25)26)9-7-14(2)8-10-19/h3-6,12,14H,7-11H2,1-2H3,(H,21,24)(H,25,26). The molecule has 0 saturated heterocycles. The quantitative estimate of drug-likeness (QED) is 0.739. The molecule has 144 valence electrons. The molecular weight excluding hydrogens is 364 g/mol. The molecule has 1 aromatic carbocycles. The van der Waals surface area contributed by atoms with Crippen LogP contribution in [-0.2, 0) is 9.59 Å². The molecule has 27 heavy (non-hydrogen) atoms. The highest BCUT2D eigenvalue weighted by Crippen LogP contribution is 2.32. The van der Waals surface area contributed by atoms with Gasteiger partial charge in [-0.05, 0) is 50.7 Å². The summed E-state index contributed by atoms with van der Waals surface area (Å²) in [6.07, 6.45) is 4.16. The van der Waals surface area contributed by atoms with Crippen molar-refractivity contribution in [3.8, 4) is 5.69 Å². The summed E-state index contributed by atoms with van der Waals surface area (Å²) in [7, 11) is 0. The maximum atomic E-state index is 12.4. The molecule has 7 nitrogen and oxygen atoms in total. The Balaban J connectivity index is 1.64. The summed E-state index contributed by atoms with van der Waals surface area (Å²) in [5, 5.41) is 21.0. The molecule has 0 unspecified atom stereocenters. The second kappa shape index (κ2) is 8.12. The van der Waals surface area contributed by atoms with Crippen LogP contribution in [-0.4, -0.2) is 43.0 Å². The van der Waals surface area contributed by atoms with Crippen molar-refractivity contribution < 1.29 is 14.7 Å². The smallest absolute Gasteiger partial charge is 0.329 e. The van der Waals surface area contributed by atoms with E-state index in [9.17, 15) is 14.7 Å². The number of carboxylic acids is 1. The van der Waals surface area contributed by atoms with E-state index in [1.807, 2.05) is 35.8 Å². The van der Waals surface area contributed by atoms with Crippen LogP contribution in [0.3, 0.4) is 0 Å². The number of nitrogens with zero attached hydrogens (tertiary/aromatic N) is 3. The molecule has 0 bridgehead atoms. The van der Waals surface area contributed by atoms with Gasteiger partial charge in [0.1, 0.15) is 11.9 Å². The van der Waals surface area contributed by atoms with Gasteiger partial charge in [0, 0.05) is 5.69 Å². The number of carbonyl (C=O) groups is 2. The van der Waals surface area contributed by atoms with Crippen LogP contribution in [0.25, 0.3) is 5.69 Å². The number of carboxylic acid groups (broad SMARTS) is 1. The van der Waals surface area contributed by atoms with E-state index in [0.29, 0.717) is 23.9 Å². The van der Waals surface area contributed by atoms with E-state index in [-0.39, 0.29) is 11.7 Å². The molecule has 0 spiro atoms. The highest BCUT2D eigenvalue weighted by atomic mass is 32.2. The van der Waals surface area contributed by atoms with Gasteiger partial charge in [-0.15, -0.1) is 10.2 Å². The van der Waals surface area contributed by atoms with Crippen molar-refractivity contribution in [3.63, 3.8) is 0 Å². The lowest BCUT2D eigenvalue weighted by molar-refractivity contribution is -0.149. The minimum Gasteiger partial charge on any atom is -0.480 e. The van der Waals surface area contributed by atoms with E-state index < -0.39 is 11.5 Å². The number of benzene rings is 1. The summed E-state index contributed by atoms with van der Waals surface area (Å²) >= 11 is 1.24. The number of aliphatic carboxylic acids is 1. The zero-order chi connectivity index (χ0) is 19.4. The lowest BCUT2D eigenvalue weighted by Gasteiger charge is -2.36. The topological polar surface area (TPSA) is 97.1 Å². The monoisotopic (exact) mass is 388 g/mol. The molecule has 1 fully saturated rings. The molecule has 2 aromatic rings. The molecule has 0 radical (unpaired) electrons. The van der Waals surface area contributed by atoms with E-state index in [1.54, 1.807) is 6.33 Å². The van der Waals surface area contributed by atoms with Gasteiger partial charge in [-0.1, -0.05) is 36.4 Å². The first-order chi connectivity index (χ1) is 12.9. The number of hydrogen-bond acceptors (Lipinski definition) is 5. The summed E-state index contributed by atoms with van der Waals surface area (Å²) < 4.78 is 1.81. The largest absolute Gasteiger partial charge is 0.480 e. The number of hydrogen-bond donors (Lipinski definition) is 2. The average Bonchev–Trinajstić information content (AvgIpc) is 3.11. The van der Waals surface area contributed by atoms with Crippen molar-refractivity contribution in [1.82, 2.24) is 20.1 Å². The fourth-order valence-electron chi connectivity index (χ4n) is 3.29. The van der Waals surface area contributed by atoms with Gasteiger partial charge in [0.15, 0.2) is 5.16 Å². The molecule has 1 aliphatic carbocycles. The van der Waals surface area contributed by atoms with E-state index >= 15 is 0 Å². The van der Waals surface area contributed by atoms with Crippen LogP contribution in [0.15, 0.2) is 35.7 Å². The van der Waals surface area contributed by atoms with E-state index in [0.717, 1.165) is 24.1 Å². The number of nitrogens with one attached hydrogen (secondary N) is 1. The molecule has 0 atom stereocenters. The molecular formula is C19H24N4O3S. The Bertz CT molecular complexity index is 811. The Hall–Kier alpha value is -2.35. The molecule has 1 saturated carbocycles. The van der Waals surface area contributed by atoms with Crippen LogP contribution in [0.5, 0.6) is 0 Å². The van der Waals surface area contributed by atoms with Crippen molar-refractivity contribution in [2.45, 2.75) is 50.2 Å². The van der Waals surface area contributed by atoms with Gasteiger partial charge in [-0.2, -0.15) is 0 Å². The van der Waals surface area contributed by atoms with Gasteiger partial charge in [-0.25, -0.2) is 4.79 Å². The highest BCUT2D eigenvalue weighted by Gasteiger charge is 2.42. The van der Waals surface area contributed by atoms with Gasteiger partial charge in [-0.3, -0.25) is 9.36 Å². The predicted molar refractivity (Wildman–Crippen MR) is 103 cm³/mol. The SMILES string of the molecule is Cc1ccc(-n2cnnc2SCC(=O)NC2(C(=O)O)CCC(C)CC2)cc1. The van der Waals surface area contributed by atoms with Gasteiger partial charge in [0.05, 0.1) is 5.75 Å². The van der Waals surface area contributed by atoms with Gasteiger partial charge in [0.25, 0.3) is 0 Å². The number of rotatable bonds is 6. The Morgan fingerprint density at radius 3 is 2.59 bits per heavy atom. The molecule has 3 rings (SSSR count). The van der Waals surface area contributed by atoms with Crippen LogP contribution in [0.4, 0.5) is 0 Å². The zero-order valence-corrected chi connectivity index (χ0v) is 16.3. The molecule has 1 amide bonds. The fourth-order valence-corrected chi connectivity index (χ4v) is 4.01. The minimum atomic E-state index is -1.14. The van der Waals surface area contributed by atoms with Gasteiger partial charge in [0.2, 0.25) is 5.91 Å². The third-order valence-corrected chi connectivity index (χ3v) is 6.02. The second-order valence-corrected chi connectivity index (χ2v) is 8.17. The van der Waals surface area contributed by atoms with Crippen LogP contribution in [0, 0.1) is 12.8 Å². The van der Waals surface area contributed by atoms with Crippen molar-refractivity contribution >= 4 is 23.6 Å². The molecule has 0 aliphatic heterocycles. The van der Waals surface area contributed by atoms with Gasteiger partial charge < -0.3 is 10.4 Å². The van der Waals surface area contributed by atoms with E-state index in [1.165, 1.54) is 11.8 Å². The molecule has 1 aromatic heterocycles. The van der Waals surface area contributed by atoms with E-state index in [4.69, 9.17) is 0 Å². The predicted octanol–water partition coefficient (Wildman–Crippen LogP) is 2.82. The normalized spacial score (nSPS) is 22.4. The molecule has 8 heteroatoms. The summed E-state index contributed by atoms with van der Waals surface area (Å²) in [6.45, 7) is 4.13. The maximum absolute atomic E-state index is 12.4. The minimum absolute atomic E-state index is 0.0924. The number of aromatic nitrogens is 3. The van der Waals surface area contributed by atoms with Crippen molar-refractivity contribution in [1.29, 1.82) is 0 Å². The summed E-state index contributed by atoms with van der Waals surface area (Å²) in [5.74, 6) is -0.655. The lowest BCUT2D eigenvalue weighted by atomic mass is 9.77. The number of amides is 1. The lowest BCUT2D eigenvalue weighted by Crippen LogP contribution is -2.56. The van der Waals surface area contributed by atoms with Crippen molar-refractivity contribution in [2.75, 3.05) is 5.75 Å². The van der Waals surface area contributed by atoms with Crippen LogP contribution in [0.2, 0.25) is 0 Å². The van der Waals surface area contributed by atoms with Gasteiger partial charge >= 0.3 is 5.97 Å². The van der Waals surface area contributed by atoms with Crippen LogP contribution < -0.4 is 5.32 Å². The first kappa shape index (κ1) is 19.4. The number of aryl methyl sites for hydroxylation is 1. The second-order valence-electron chi connectivity index (χ2n) is 7.23. The molecule has 1 aliphatic rings. The third kappa shape index (κ3) is 4.50. The molecule has 1 heterocycles. The Labute approximate surface area is 162 Å². The Kier molecular flexibility index (Phi) is 5.84. The Morgan fingerprint density at radius 2 is 1.96 bits per heavy atom. The first-order valence-electron chi connectivity index (χ1n) is 9.04.